The van der Waals surface area contributed by atoms with Crippen molar-refractivity contribution in [3.05, 3.63) is 130 Å². The topological polar surface area (TPSA) is 120 Å². The van der Waals surface area contributed by atoms with Gasteiger partial charge in [0.15, 0.2) is 0 Å². The van der Waals surface area contributed by atoms with Crippen molar-refractivity contribution in [2.24, 2.45) is 5.73 Å². The van der Waals surface area contributed by atoms with Crippen LogP contribution in [0.4, 0.5) is 30.2 Å². The van der Waals surface area contributed by atoms with Crippen LogP contribution in [0, 0.1) is 29.8 Å². The third-order valence-electron chi connectivity index (χ3n) is 9.72. The van der Waals surface area contributed by atoms with Gasteiger partial charge in [-0.1, -0.05) is 69.0 Å². The minimum absolute atomic E-state index is 0.0135. The van der Waals surface area contributed by atoms with Gasteiger partial charge in [0.25, 0.3) is 5.91 Å². The Hall–Kier alpha value is -4.67. The number of nitrogens with one attached hydrogen (secondary N) is 3. The van der Waals surface area contributed by atoms with Gasteiger partial charge in [-0.3, -0.25) is 4.79 Å². The standard InChI is InChI=1S/C23H30FN3.C14H16ClF2N3O.C6H5Cl.C2H6/c24-18-8-4-10-21(14-18)27-13-5-9-20(16-27)26-19-11-12-23(25)22(15-19)17-6-2-1-3-7-17;1-8-10(16)3-4-11(17)12(8)13(19)9(7-18)14(21)20-6-2-5-15;7-6-4-2-1-3-5-6;1-2/h4,8,10-12,14-15,17,20,26H,1-3,5-7,9,13,16,25H2;3-4,7,18H,2,5-6,19H2,1H3,(H,20,21);1-5H;1-2H3/b;13-9+,18-7?;;. The van der Waals surface area contributed by atoms with E-state index in [-0.39, 0.29) is 28.2 Å². The highest BCUT2D eigenvalue weighted by atomic mass is 35.5. The number of amides is 1. The second kappa shape index (κ2) is 24.9. The van der Waals surface area contributed by atoms with Crippen molar-refractivity contribution >= 4 is 58.1 Å². The smallest absolute Gasteiger partial charge is 0.254 e. The van der Waals surface area contributed by atoms with Gasteiger partial charge in [0.1, 0.15) is 17.5 Å². The molecule has 0 spiro atoms. The number of carbonyl (C=O) groups is 1. The van der Waals surface area contributed by atoms with E-state index in [0.29, 0.717) is 30.8 Å². The molecule has 4 aromatic rings. The number of hydrogen-bond donors (Lipinski definition) is 5. The number of hydrogen-bond acceptors (Lipinski definition) is 6. The lowest BCUT2D eigenvalue weighted by Gasteiger charge is -2.35. The van der Waals surface area contributed by atoms with Crippen molar-refractivity contribution < 1.29 is 18.0 Å². The van der Waals surface area contributed by atoms with E-state index in [1.807, 2.05) is 50.2 Å². The lowest BCUT2D eigenvalue weighted by atomic mass is 9.83. The molecule has 2 aliphatic rings. The summed E-state index contributed by atoms with van der Waals surface area (Å²) in [6.07, 6.45) is 10.00. The predicted molar refractivity (Wildman–Crippen MR) is 234 cm³/mol. The Morgan fingerprint density at radius 2 is 1.61 bits per heavy atom. The first-order valence-corrected chi connectivity index (χ1v) is 20.6. The molecule has 1 heterocycles. The molecule has 6 rings (SSSR count). The Kier molecular flexibility index (Phi) is 20.4. The molecule has 12 heteroatoms. The van der Waals surface area contributed by atoms with Crippen LogP contribution < -0.4 is 27.0 Å². The molecular weight excluding hydrogens is 768 g/mol. The number of alkyl halides is 1. The van der Waals surface area contributed by atoms with E-state index in [2.05, 4.69) is 33.7 Å². The van der Waals surface area contributed by atoms with E-state index in [9.17, 15) is 18.0 Å². The van der Waals surface area contributed by atoms with Crippen LogP contribution in [0.15, 0.2) is 90.5 Å². The van der Waals surface area contributed by atoms with Crippen LogP contribution in [0.1, 0.15) is 87.8 Å². The molecule has 0 radical (unpaired) electrons. The van der Waals surface area contributed by atoms with Crippen LogP contribution in [0.25, 0.3) is 5.70 Å². The maximum absolute atomic E-state index is 13.8. The number of benzene rings is 4. The van der Waals surface area contributed by atoms with Crippen LogP contribution in [0.2, 0.25) is 5.02 Å². The Balaban J connectivity index is 0.000000257. The summed E-state index contributed by atoms with van der Waals surface area (Å²) < 4.78 is 40.9. The summed E-state index contributed by atoms with van der Waals surface area (Å²) in [4.78, 5) is 14.2. The van der Waals surface area contributed by atoms with Gasteiger partial charge in [-0.25, -0.2) is 13.2 Å². The van der Waals surface area contributed by atoms with E-state index in [1.165, 1.54) is 50.7 Å². The van der Waals surface area contributed by atoms with Crippen molar-refractivity contribution in [3.8, 4) is 0 Å². The highest BCUT2D eigenvalue weighted by Crippen LogP contribution is 2.37. The number of nitrogens with two attached hydrogens (primary N) is 2. The Bertz CT molecular complexity index is 1890. The van der Waals surface area contributed by atoms with Crippen LogP contribution >= 0.6 is 23.2 Å². The molecule has 0 bridgehead atoms. The van der Waals surface area contributed by atoms with Gasteiger partial charge in [-0.15, -0.1) is 11.6 Å². The maximum Gasteiger partial charge on any atom is 0.254 e. The SMILES string of the molecule is CC.Cc1c(F)ccc(F)c1/C(N)=C(/C=N)C(=O)NCCCCl.Clc1ccccc1.Nc1ccc(NC2CCCN(c3cccc(F)c3)C2)cc1C1CCCCC1. The first kappa shape index (κ1) is 46.7. The number of carbonyl (C=O) groups excluding carboxylic acids is 1. The average Bonchev–Trinajstić information content (AvgIpc) is 3.22. The maximum atomic E-state index is 13.8. The quantitative estimate of drug-likeness (QED) is 0.0359. The lowest BCUT2D eigenvalue weighted by molar-refractivity contribution is -0.116. The van der Waals surface area contributed by atoms with E-state index in [4.69, 9.17) is 40.1 Å². The van der Waals surface area contributed by atoms with Gasteiger partial charge in [0, 0.05) is 65.4 Å². The minimum Gasteiger partial charge on any atom is -0.398 e. The number of nitrogens with zero attached hydrogens (tertiary/aromatic N) is 1. The third-order valence-corrected chi connectivity index (χ3v) is 10.2. The number of rotatable bonds is 10. The Morgan fingerprint density at radius 1 is 0.912 bits per heavy atom. The monoisotopic (exact) mass is 824 g/mol. The molecule has 1 amide bonds. The molecule has 1 aliphatic carbocycles. The highest BCUT2D eigenvalue weighted by molar-refractivity contribution is 6.30. The Labute approximate surface area is 346 Å². The largest absolute Gasteiger partial charge is 0.398 e. The fraction of sp³-hybridized carbons (Fsp3) is 0.378. The van der Waals surface area contributed by atoms with E-state index in [1.54, 1.807) is 12.1 Å². The van der Waals surface area contributed by atoms with E-state index < -0.39 is 17.5 Å². The van der Waals surface area contributed by atoms with Crippen molar-refractivity contribution in [2.45, 2.75) is 84.1 Å². The molecule has 0 aromatic heterocycles. The van der Waals surface area contributed by atoms with Gasteiger partial charge in [0.2, 0.25) is 0 Å². The summed E-state index contributed by atoms with van der Waals surface area (Å²) in [5.74, 6) is -1.21. The number of halogens is 5. The second-order valence-corrected chi connectivity index (χ2v) is 14.5. The zero-order valence-corrected chi connectivity index (χ0v) is 34.7. The van der Waals surface area contributed by atoms with E-state index >= 15 is 0 Å². The van der Waals surface area contributed by atoms with Gasteiger partial charge in [-0.05, 0) is 117 Å². The Morgan fingerprint density at radius 3 is 2.25 bits per heavy atom. The normalized spacial score (nSPS) is 15.6. The van der Waals surface area contributed by atoms with Crippen LogP contribution in [0.3, 0.4) is 0 Å². The van der Waals surface area contributed by atoms with Crippen molar-refractivity contribution in [1.29, 1.82) is 5.41 Å². The summed E-state index contributed by atoms with van der Waals surface area (Å²) >= 11 is 11.0. The fourth-order valence-corrected chi connectivity index (χ4v) is 7.11. The zero-order valence-electron chi connectivity index (χ0n) is 33.2. The molecule has 7 nitrogen and oxygen atoms in total. The van der Waals surface area contributed by atoms with E-state index in [0.717, 1.165) is 66.4 Å². The predicted octanol–water partition coefficient (Wildman–Crippen LogP) is 11.2. The first-order chi connectivity index (χ1) is 27.5. The molecule has 1 saturated heterocycles. The number of piperidine rings is 1. The first-order valence-electron chi connectivity index (χ1n) is 19.7. The van der Waals surface area contributed by atoms with Gasteiger partial charge in [-0.2, -0.15) is 0 Å². The molecule has 57 heavy (non-hydrogen) atoms. The summed E-state index contributed by atoms with van der Waals surface area (Å²) in [5.41, 5.74) is 15.7. The summed E-state index contributed by atoms with van der Waals surface area (Å²) in [6, 6.07) is 25.1. The second-order valence-electron chi connectivity index (χ2n) is 13.7. The van der Waals surface area contributed by atoms with Crippen LogP contribution in [0.5, 0.6) is 0 Å². The minimum atomic E-state index is -0.751. The van der Waals surface area contributed by atoms with Gasteiger partial charge < -0.3 is 32.4 Å². The third kappa shape index (κ3) is 14.7. The van der Waals surface area contributed by atoms with Crippen molar-refractivity contribution in [3.63, 3.8) is 0 Å². The fourth-order valence-electron chi connectivity index (χ4n) is 6.83. The molecule has 7 N–H and O–H groups in total. The van der Waals surface area contributed by atoms with Gasteiger partial charge in [0.05, 0.1) is 11.3 Å². The van der Waals surface area contributed by atoms with Crippen LogP contribution in [-0.4, -0.2) is 43.7 Å². The average molecular weight is 826 g/mol. The zero-order chi connectivity index (χ0) is 41.7. The number of anilines is 3. The molecule has 308 valence electrons. The lowest BCUT2D eigenvalue weighted by Crippen LogP contribution is -2.42. The number of nitrogen functional groups attached to an aromatic ring is 1. The molecule has 1 saturated carbocycles. The summed E-state index contributed by atoms with van der Waals surface area (Å²) in [5, 5.41) is 14.3. The molecule has 4 aromatic carbocycles. The van der Waals surface area contributed by atoms with Crippen LogP contribution in [-0.2, 0) is 4.79 Å². The highest BCUT2D eigenvalue weighted by Gasteiger charge is 2.23. The molecule has 1 unspecified atom stereocenters. The molecule has 1 atom stereocenters. The van der Waals surface area contributed by atoms with Gasteiger partial charge >= 0.3 is 0 Å². The van der Waals surface area contributed by atoms with Crippen molar-refractivity contribution in [2.75, 3.05) is 41.5 Å². The summed E-state index contributed by atoms with van der Waals surface area (Å²) in [6.45, 7) is 7.54. The summed E-state index contributed by atoms with van der Waals surface area (Å²) in [7, 11) is 0. The van der Waals surface area contributed by atoms with Crippen molar-refractivity contribution in [1.82, 2.24) is 5.32 Å². The molecule has 2 fully saturated rings. The molecule has 1 aliphatic heterocycles. The molecular formula is C45H57Cl2F3N6O.